The zero-order valence-electron chi connectivity index (χ0n) is 12.6. The molecule has 116 valence electrons. The van der Waals surface area contributed by atoms with Crippen molar-refractivity contribution in [1.29, 1.82) is 0 Å². The summed E-state index contributed by atoms with van der Waals surface area (Å²) in [6.07, 6.45) is 1.81. The van der Waals surface area contributed by atoms with Gasteiger partial charge in [-0.05, 0) is 31.9 Å². The van der Waals surface area contributed by atoms with Gasteiger partial charge < -0.3 is 20.1 Å². The Kier molecular flexibility index (Phi) is 4.37. The van der Waals surface area contributed by atoms with Crippen LogP contribution >= 0.6 is 0 Å². The Morgan fingerprint density at radius 2 is 2.14 bits per heavy atom. The summed E-state index contributed by atoms with van der Waals surface area (Å²) in [5.41, 5.74) is 5.98. The van der Waals surface area contributed by atoms with Crippen molar-refractivity contribution >= 4 is 17.3 Å². The van der Waals surface area contributed by atoms with Crippen molar-refractivity contribution < 1.29 is 18.7 Å². The number of rotatable bonds is 3. The average molecular weight is 296 g/mol. The number of hydrogen-bond donors (Lipinski definition) is 1. The minimum Gasteiger partial charge on any atom is -0.465 e. The summed E-state index contributed by atoms with van der Waals surface area (Å²) in [4.78, 5) is 13.6. The van der Waals surface area contributed by atoms with E-state index in [0.29, 0.717) is 18.8 Å². The molecule has 21 heavy (non-hydrogen) atoms. The number of halogens is 1. The van der Waals surface area contributed by atoms with Crippen LogP contribution in [0.5, 0.6) is 0 Å². The first-order valence-corrected chi connectivity index (χ1v) is 6.87. The molecular formula is C15H21FN2O3. The molecule has 2 N–H and O–H groups in total. The average Bonchev–Trinajstić information content (AvgIpc) is 2.46. The molecule has 1 unspecified atom stereocenters. The molecule has 0 aromatic heterocycles. The van der Waals surface area contributed by atoms with Gasteiger partial charge >= 0.3 is 5.97 Å². The van der Waals surface area contributed by atoms with Crippen LogP contribution in [0.1, 0.15) is 30.1 Å². The van der Waals surface area contributed by atoms with E-state index in [4.69, 9.17) is 10.5 Å². The van der Waals surface area contributed by atoms with E-state index in [1.165, 1.54) is 19.2 Å². The molecule has 0 aliphatic carbocycles. The van der Waals surface area contributed by atoms with Gasteiger partial charge in [0, 0.05) is 25.9 Å². The van der Waals surface area contributed by atoms with Crippen LogP contribution in [0.15, 0.2) is 12.1 Å². The van der Waals surface area contributed by atoms with Crippen LogP contribution in [0.2, 0.25) is 0 Å². The Hall–Kier alpha value is -1.82. The van der Waals surface area contributed by atoms with Gasteiger partial charge in [0.15, 0.2) is 0 Å². The second-order valence-corrected chi connectivity index (χ2v) is 5.56. The molecule has 0 radical (unpaired) electrons. The number of hydrogen-bond acceptors (Lipinski definition) is 5. The summed E-state index contributed by atoms with van der Waals surface area (Å²) < 4.78 is 24.4. The Labute approximate surface area is 123 Å². The highest BCUT2D eigenvalue weighted by molar-refractivity contribution is 5.96. The Morgan fingerprint density at radius 3 is 2.76 bits per heavy atom. The van der Waals surface area contributed by atoms with E-state index >= 15 is 0 Å². The smallest absolute Gasteiger partial charge is 0.340 e. The van der Waals surface area contributed by atoms with Crippen LogP contribution in [-0.4, -0.2) is 38.9 Å². The fraction of sp³-hybridized carbons (Fsp3) is 0.533. The Balaban J connectivity index is 2.37. The van der Waals surface area contributed by atoms with Gasteiger partial charge in [0.2, 0.25) is 0 Å². The topological polar surface area (TPSA) is 64.8 Å². The minimum atomic E-state index is -0.569. The first kappa shape index (κ1) is 15.6. The number of anilines is 2. The molecule has 0 bridgehead atoms. The normalized spacial score (nSPS) is 22.2. The van der Waals surface area contributed by atoms with Gasteiger partial charge in [-0.25, -0.2) is 9.18 Å². The number of benzene rings is 1. The van der Waals surface area contributed by atoms with Crippen LogP contribution in [-0.2, 0) is 9.47 Å². The van der Waals surface area contributed by atoms with Crippen LogP contribution < -0.4 is 10.6 Å². The van der Waals surface area contributed by atoms with E-state index in [0.717, 1.165) is 12.8 Å². The number of nitrogens with zero attached hydrogens (tertiary/aromatic N) is 1. The molecule has 1 aliphatic rings. The zero-order valence-corrected chi connectivity index (χ0v) is 12.6. The third kappa shape index (κ3) is 3.10. The standard InChI is InChI=1S/C15H21FN2O3/c1-15(21-3)5-4-6-18(9-15)13-7-10(14(19)20-2)12(17)8-11(13)16/h7-8H,4-6,9,17H2,1-3H3. The predicted molar refractivity (Wildman–Crippen MR) is 79.0 cm³/mol. The van der Waals surface area contributed by atoms with E-state index in [2.05, 4.69) is 4.74 Å². The van der Waals surface area contributed by atoms with Crippen molar-refractivity contribution in [3.63, 3.8) is 0 Å². The van der Waals surface area contributed by atoms with Gasteiger partial charge in [-0.3, -0.25) is 0 Å². The lowest BCUT2D eigenvalue weighted by Crippen LogP contribution is -2.47. The highest BCUT2D eigenvalue weighted by Gasteiger charge is 2.32. The second kappa shape index (κ2) is 5.89. The number of carbonyl (C=O) groups is 1. The van der Waals surface area contributed by atoms with Gasteiger partial charge in [-0.15, -0.1) is 0 Å². The molecule has 1 aromatic carbocycles. The van der Waals surface area contributed by atoms with E-state index < -0.39 is 11.8 Å². The number of nitrogen functional groups attached to an aromatic ring is 1. The fourth-order valence-corrected chi connectivity index (χ4v) is 2.68. The van der Waals surface area contributed by atoms with Gasteiger partial charge in [0.05, 0.1) is 24.0 Å². The number of methoxy groups -OCH3 is 2. The van der Waals surface area contributed by atoms with Crippen LogP contribution in [0.25, 0.3) is 0 Å². The number of piperidine rings is 1. The summed E-state index contributed by atoms with van der Waals surface area (Å²) in [7, 11) is 2.93. The summed E-state index contributed by atoms with van der Waals surface area (Å²) >= 11 is 0. The molecule has 1 heterocycles. The summed E-state index contributed by atoms with van der Waals surface area (Å²) in [6.45, 7) is 3.26. The molecule has 1 fully saturated rings. The number of ether oxygens (including phenoxy) is 2. The Bertz CT molecular complexity index is 550. The minimum absolute atomic E-state index is 0.0783. The molecule has 1 saturated heterocycles. The van der Waals surface area contributed by atoms with Crippen LogP contribution in [0, 0.1) is 5.82 Å². The molecule has 1 aromatic rings. The highest BCUT2D eigenvalue weighted by atomic mass is 19.1. The summed E-state index contributed by atoms with van der Waals surface area (Å²) in [6, 6.07) is 2.62. The van der Waals surface area contributed by atoms with E-state index in [1.807, 2.05) is 11.8 Å². The lowest BCUT2D eigenvalue weighted by atomic mass is 9.94. The summed E-state index contributed by atoms with van der Waals surface area (Å²) in [5, 5.41) is 0. The lowest BCUT2D eigenvalue weighted by Gasteiger charge is -2.40. The molecule has 6 heteroatoms. The predicted octanol–water partition coefficient (Wildman–Crippen LogP) is 2.20. The van der Waals surface area contributed by atoms with Crippen LogP contribution in [0.4, 0.5) is 15.8 Å². The molecule has 0 spiro atoms. The van der Waals surface area contributed by atoms with Crippen molar-refractivity contribution in [2.24, 2.45) is 0 Å². The van der Waals surface area contributed by atoms with Gasteiger partial charge in [-0.2, -0.15) is 0 Å². The quantitative estimate of drug-likeness (QED) is 0.684. The molecule has 5 nitrogen and oxygen atoms in total. The first-order chi connectivity index (χ1) is 9.90. The highest BCUT2D eigenvalue weighted by Crippen LogP contribution is 2.32. The van der Waals surface area contributed by atoms with Crippen molar-refractivity contribution in [2.45, 2.75) is 25.4 Å². The van der Waals surface area contributed by atoms with E-state index in [9.17, 15) is 9.18 Å². The third-order valence-corrected chi connectivity index (χ3v) is 4.02. The molecule has 1 aliphatic heterocycles. The molecule has 1 atom stereocenters. The second-order valence-electron chi connectivity index (χ2n) is 5.56. The lowest BCUT2D eigenvalue weighted by molar-refractivity contribution is -0.00476. The van der Waals surface area contributed by atoms with Crippen molar-refractivity contribution in [3.8, 4) is 0 Å². The van der Waals surface area contributed by atoms with E-state index in [1.54, 1.807) is 7.11 Å². The van der Waals surface area contributed by atoms with Crippen molar-refractivity contribution in [3.05, 3.63) is 23.5 Å². The SMILES string of the molecule is COC(=O)c1cc(N2CCCC(C)(OC)C2)c(F)cc1N. The number of esters is 1. The maximum Gasteiger partial charge on any atom is 0.340 e. The van der Waals surface area contributed by atoms with Crippen LogP contribution in [0.3, 0.4) is 0 Å². The van der Waals surface area contributed by atoms with Crippen molar-refractivity contribution in [1.82, 2.24) is 0 Å². The zero-order chi connectivity index (χ0) is 15.6. The van der Waals surface area contributed by atoms with Gasteiger partial charge in [0.25, 0.3) is 0 Å². The monoisotopic (exact) mass is 296 g/mol. The molecule has 0 saturated carbocycles. The Morgan fingerprint density at radius 1 is 1.43 bits per heavy atom. The van der Waals surface area contributed by atoms with Gasteiger partial charge in [0.1, 0.15) is 5.82 Å². The maximum atomic E-state index is 14.2. The number of nitrogens with two attached hydrogens (primary N) is 1. The van der Waals surface area contributed by atoms with Gasteiger partial charge in [-0.1, -0.05) is 0 Å². The molecular weight excluding hydrogens is 275 g/mol. The van der Waals surface area contributed by atoms with Crippen molar-refractivity contribution in [2.75, 3.05) is 37.9 Å². The summed E-state index contributed by atoms with van der Waals surface area (Å²) in [5.74, 6) is -1.01. The molecule has 0 amide bonds. The molecule has 2 rings (SSSR count). The maximum absolute atomic E-state index is 14.2. The number of carbonyl (C=O) groups excluding carboxylic acids is 1. The fourth-order valence-electron chi connectivity index (χ4n) is 2.68. The largest absolute Gasteiger partial charge is 0.465 e. The third-order valence-electron chi connectivity index (χ3n) is 4.02. The first-order valence-electron chi connectivity index (χ1n) is 6.87. The van der Waals surface area contributed by atoms with E-state index in [-0.39, 0.29) is 16.9 Å².